The molecule has 0 bridgehead atoms. The molecule has 0 atom stereocenters. The number of thiophene rings is 2. The number of hydrogen-bond acceptors (Lipinski definition) is 3. The summed E-state index contributed by atoms with van der Waals surface area (Å²) in [5, 5.41) is 6.61. The Bertz CT molecular complexity index is 384. The summed E-state index contributed by atoms with van der Waals surface area (Å²) in [5.74, 6) is 0. The van der Waals surface area contributed by atoms with Gasteiger partial charge in [0.05, 0.1) is 13.2 Å². The second-order valence-corrected chi connectivity index (χ2v) is 5.73. The van der Waals surface area contributed by atoms with Crippen LogP contribution in [0.1, 0.15) is 0 Å². The fraction of sp³-hybridized carbons (Fsp3) is 0.200. The molecule has 1 fully saturated rings. The topological polar surface area (TPSA) is 25.8 Å². The van der Waals surface area contributed by atoms with E-state index in [2.05, 4.69) is 40.3 Å². The summed E-state index contributed by atoms with van der Waals surface area (Å²) in [6, 6.07) is 8.58. The van der Waals surface area contributed by atoms with Gasteiger partial charge in [-0.05, 0) is 10.8 Å². The van der Waals surface area contributed by atoms with E-state index in [9.17, 15) is 0 Å². The molecule has 2 aromatic heterocycles. The van der Waals surface area contributed by atoms with Gasteiger partial charge in [-0.2, -0.15) is 22.7 Å². The van der Waals surface area contributed by atoms with Gasteiger partial charge in [-0.15, -0.1) is 0 Å². The van der Waals surface area contributed by atoms with Crippen molar-refractivity contribution >= 4 is 38.7 Å². The lowest BCUT2D eigenvalue weighted by Gasteiger charge is -2.27. The summed E-state index contributed by atoms with van der Waals surface area (Å²) in [5.41, 5.74) is 0. The van der Waals surface area contributed by atoms with Crippen molar-refractivity contribution in [1.29, 1.82) is 0 Å². The molecule has 0 radical (unpaired) electrons. The van der Waals surface area contributed by atoms with Gasteiger partial charge in [-0.25, -0.2) is 0 Å². The van der Waals surface area contributed by atoms with Crippen LogP contribution in [0.4, 0.5) is 0 Å². The van der Waals surface area contributed by atoms with E-state index < -0.39 is 6.48 Å². The lowest BCUT2D eigenvalue weighted by molar-refractivity contribution is -0.514. The highest BCUT2D eigenvalue weighted by Gasteiger charge is 2.42. The third-order valence-electron chi connectivity index (χ3n) is 2.93. The summed E-state index contributed by atoms with van der Waals surface area (Å²) in [4.78, 5) is 0. The maximum absolute atomic E-state index is 6.06. The summed E-state index contributed by atoms with van der Waals surface area (Å²) in [7, 11) is 0. The standard InChI is InChI=1S/C10H12BNOS2/c1-3-9(14-7-1)11(12-5-6-13-11)10-4-2-8-15-10/h1-4,7-8H,5-6,12H2. The predicted molar refractivity (Wildman–Crippen MR) is 66.4 cm³/mol. The van der Waals surface area contributed by atoms with Gasteiger partial charge >= 0.3 is 6.48 Å². The lowest BCUT2D eigenvalue weighted by atomic mass is 9.50. The maximum Gasteiger partial charge on any atom is 0.407 e. The molecule has 3 rings (SSSR count). The molecule has 2 nitrogen and oxygen atoms in total. The molecule has 5 heteroatoms. The Morgan fingerprint density at radius 2 is 1.80 bits per heavy atom. The molecular formula is C10H12BNOS2. The minimum Gasteiger partial charge on any atom is -0.527 e. The highest BCUT2D eigenvalue weighted by atomic mass is 32.1. The fourth-order valence-corrected chi connectivity index (χ4v) is 4.24. The summed E-state index contributed by atoms with van der Waals surface area (Å²) >= 11 is 3.59. The van der Waals surface area contributed by atoms with Crippen molar-refractivity contribution < 1.29 is 9.88 Å². The molecule has 1 aliphatic heterocycles. The quantitative estimate of drug-likeness (QED) is 0.729. The van der Waals surface area contributed by atoms with Crippen molar-refractivity contribution in [3.63, 3.8) is 0 Å². The van der Waals surface area contributed by atoms with Crippen molar-refractivity contribution in [3.8, 4) is 0 Å². The van der Waals surface area contributed by atoms with Crippen molar-refractivity contribution in [2.45, 2.75) is 0 Å². The van der Waals surface area contributed by atoms with E-state index in [0.29, 0.717) is 0 Å². The summed E-state index contributed by atoms with van der Waals surface area (Å²) in [6.45, 7) is 0.945. The van der Waals surface area contributed by atoms with Gasteiger partial charge in [-0.3, -0.25) is 0 Å². The van der Waals surface area contributed by atoms with Crippen molar-refractivity contribution in [3.05, 3.63) is 35.0 Å². The van der Waals surface area contributed by atoms with Crippen LogP contribution in [0.2, 0.25) is 0 Å². The Morgan fingerprint density at radius 3 is 2.20 bits per heavy atom. The predicted octanol–water partition coefficient (Wildman–Crippen LogP) is -0.0404. The second-order valence-electron chi connectivity index (χ2n) is 3.78. The highest BCUT2D eigenvalue weighted by molar-refractivity contribution is 7.32. The first-order valence-electron chi connectivity index (χ1n) is 5.13. The lowest BCUT2D eigenvalue weighted by Crippen LogP contribution is -3.04. The van der Waals surface area contributed by atoms with Gasteiger partial charge in [0.15, 0.2) is 0 Å². The average molecular weight is 237 g/mol. The molecule has 0 amide bonds. The van der Waals surface area contributed by atoms with Gasteiger partial charge < -0.3 is 9.88 Å². The fourth-order valence-electron chi connectivity index (χ4n) is 2.23. The zero-order valence-electron chi connectivity index (χ0n) is 8.26. The van der Waals surface area contributed by atoms with Gasteiger partial charge in [0.25, 0.3) is 0 Å². The smallest absolute Gasteiger partial charge is 0.407 e. The molecular weight excluding hydrogens is 225 g/mol. The Balaban J connectivity index is 2.10. The summed E-state index contributed by atoms with van der Waals surface area (Å²) < 4.78 is 8.77. The first-order valence-corrected chi connectivity index (χ1v) is 6.89. The van der Waals surface area contributed by atoms with Gasteiger partial charge in [-0.1, -0.05) is 33.8 Å². The SMILES string of the molecule is c1csc([B-]2(c3cccs3)[NH2+]CCO2)c1. The Kier molecular flexibility index (Phi) is 2.40. The minimum atomic E-state index is -0.977. The molecule has 1 aliphatic rings. The summed E-state index contributed by atoms with van der Waals surface area (Å²) in [6.07, 6.45) is 0. The zero-order chi connectivity index (χ0) is 10.1. The number of rotatable bonds is 2. The zero-order valence-corrected chi connectivity index (χ0v) is 9.89. The van der Waals surface area contributed by atoms with Crippen LogP contribution >= 0.6 is 22.7 Å². The van der Waals surface area contributed by atoms with Crippen LogP contribution in [0.25, 0.3) is 0 Å². The average Bonchev–Trinajstić information content (AvgIpc) is 3.02. The van der Waals surface area contributed by atoms with E-state index in [1.807, 2.05) is 0 Å². The normalized spacial score (nSPS) is 19.5. The Morgan fingerprint density at radius 1 is 1.13 bits per heavy atom. The van der Waals surface area contributed by atoms with Crippen LogP contribution in [0.3, 0.4) is 0 Å². The van der Waals surface area contributed by atoms with Crippen LogP contribution in [-0.2, 0) is 4.65 Å². The van der Waals surface area contributed by atoms with Crippen LogP contribution in [0.15, 0.2) is 35.0 Å². The van der Waals surface area contributed by atoms with E-state index in [1.54, 1.807) is 22.7 Å². The molecule has 15 heavy (non-hydrogen) atoms. The van der Waals surface area contributed by atoms with Crippen LogP contribution in [0.5, 0.6) is 0 Å². The number of quaternary nitrogens is 1. The van der Waals surface area contributed by atoms with Crippen LogP contribution < -0.4 is 14.8 Å². The number of hydrogen-bond donors (Lipinski definition) is 1. The maximum atomic E-state index is 6.06. The Labute approximate surface area is 96.9 Å². The third kappa shape index (κ3) is 1.47. The first-order chi connectivity index (χ1) is 7.42. The molecule has 2 aromatic rings. The van der Waals surface area contributed by atoms with Gasteiger partial charge in [0.1, 0.15) is 0 Å². The third-order valence-corrected chi connectivity index (χ3v) is 5.03. The van der Waals surface area contributed by atoms with Crippen molar-refractivity contribution in [2.24, 2.45) is 0 Å². The molecule has 3 heterocycles. The Hall–Kier alpha value is -0.615. The van der Waals surface area contributed by atoms with Gasteiger partial charge in [0, 0.05) is 0 Å². The van der Waals surface area contributed by atoms with Gasteiger partial charge in [0.2, 0.25) is 0 Å². The monoisotopic (exact) mass is 237 g/mol. The molecule has 2 N–H and O–H groups in total. The first kappa shape index (κ1) is 9.60. The molecule has 0 aliphatic carbocycles. The van der Waals surface area contributed by atoms with E-state index >= 15 is 0 Å². The van der Waals surface area contributed by atoms with Crippen molar-refractivity contribution in [2.75, 3.05) is 13.2 Å². The minimum absolute atomic E-state index is 0.857. The molecule has 78 valence electrons. The molecule has 0 unspecified atom stereocenters. The largest absolute Gasteiger partial charge is 0.527 e. The highest BCUT2D eigenvalue weighted by Crippen LogP contribution is 2.09. The molecule has 0 aromatic carbocycles. The second kappa shape index (κ2) is 3.75. The van der Waals surface area contributed by atoms with Crippen LogP contribution in [0, 0.1) is 0 Å². The van der Waals surface area contributed by atoms with E-state index in [4.69, 9.17) is 4.65 Å². The molecule has 0 saturated carbocycles. The number of nitrogens with two attached hydrogens (primary N) is 1. The van der Waals surface area contributed by atoms with Crippen molar-refractivity contribution in [1.82, 2.24) is 0 Å². The van der Waals surface area contributed by atoms with Crippen LogP contribution in [-0.4, -0.2) is 19.6 Å². The van der Waals surface area contributed by atoms with E-state index in [-0.39, 0.29) is 0 Å². The van der Waals surface area contributed by atoms with E-state index in [1.165, 1.54) is 9.55 Å². The molecule has 0 spiro atoms. The molecule has 1 saturated heterocycles. The van der Waals surface area contributed by atoms with E-state index in [0.717, 1.165) is 13.2 Å².